The minimum atomic E-state index is -4.38. The molecule has 6 nitrogen and oxygen atoms in total. The summed E-state index contributed by atoms with van der Waals surface area (Å²) in [5.41, 5.74) is 1.57. The van der Waals surface area contributed by atoms with E-state index in [-0.39, 0.29) is 6.61 Å². The third-order valence-corrected chi connectivity index (χ3v) is 4.39. The molecule has 2 heterocycles. The van der Waals surface area contributed by atoms with Crippen molar-refractivity contribution in [1.82, 2.24) is 25.0 Å². The van der Waals surface area contributed by atoms with Crippen LogP contribution in [0, 0.1) is 0 Å². The molecule has 0 fully saturated rings. The summed E-state index contributed by atoms with van der Waals surface area (Å²) in [6, 6.07) is 14.1. The van der Waals surface area contributed by atoms with E-state index in [1.807, 2.05) is 30.3 Å². The van der Waals surface area contributed by atoms with Crippen LogP contribution < -0.4 is 4.74 Å². The van der Waals surface area contributed by atoms with Crippen LogP contribution in [0.3, 0.4) is 0 Å². The first-order chi connectivity index (χ1) is 13.9. The second-order valence-corrected chi connectivity index (χ2v) is 6.31. The Hall–Kier alpha value is -3.62. The summed E-state index contributed by atoms with van der Waals surface area (Å²) in [6.07, 6.45) is -2.74. The first-order valence-corrected chi connectivity index (χ1v) is 8.71. The maximum atomic E-state index is 12.7. The smallest absolute Gasteiger partial charge is 0.416 e. The van der Waals surface area contributed by atoms with Crippen LogP contribution in [0.4, 0.5) is 13.2 Å². The summed E-state index contributed by atoms with van der Waals surface area (Å²) in [6.45, 7) is 0.110. The molecule has 0 aliphatic heterocycles. The minimum absolute atomic E-state index is 0.110. The van der Waals surface area contributed by atoms with Gasteiger partial charge in [-0.05, 0) is 24.3 Å². The van der Waals surface area contributed by atoms with E-state index in [4.69, 9.17) is 4.74 Å². The first-order valence-electron chi connectivity index (χ1n) is 8.71. The van der Waals surface area contributed by atoms with Crippen LogP contribution in [0.15, 0.2) is 60.8 Å². The van der Waals surface area contributed by atoms with E-state index in [2.05, 4.69) is 20.3 Å². The number of aryl methyl sites for hydroxylation is 1. The number of hydrogen-bond acceptors (Lipinski definition) is 4. The largest absolute Gasteiger partial charge is 0.487 e. The molecule has 0 bridgehead atoms. The van der Waals surface area contributed by atoms with Crippen molar-refractivity contribution in [2.75, 3.05) is 0 Å². The van der Waals surface area contributed by atoms with E-state index in [0.717, 1.165) is 17.7 Å². The van der Waals surface area contributed by atoms with E-state index in [0.29, 0.717) is 28.7 Å². The number of aromatic nitrogens is 5. The Morgan fingerprint density at radius 2 is 1.76 bits per heavy atom. The molecule has 0 amide bonds. The Kier molecular flexibility index (Phi) is 4.79. The van der Waals surface area contributed by atoms with Gasteiger partial charge >= 0.3 is 6.18 Å². The van der Waals surface area contributed by atoms with E-state index in [1.54, 1.807) is 17.9 Å². The maximum absolute atomic E-state index is 12.7. The normalized spacial score (nSPS) is 11.6. The number of hydrogen-bond donors (Lipinski definition) is 1. The predicted octanol–water partition coefficient (Wildman–Crippen LogP) is 4.47. The molecule has 2 aromatic heterocycles. The number of ether oxygens (including phenoxy) is 1. The molecule has 0 aliphatic rings. The van der Waals surface area contributed by atoms with E-state index >= 15 is 0 Å². The Balaban J connectivity index is 1.53. The number of nitrogens with zero attached hydrogens (tertiary/aromatic N) is 4. The van der Waals surface area contributed by atoms with Crippen molar-refractivity contribution in [2.24, 2.45) is 7.05 Å². The highest BCUT2D eigenvalue weighted by Gasteiger charge is 2.30. The monoisotopic (exact) mass is 399 g/mol. The lowest BCUT2D eigenvalue weighted by Gasteiger charge is -2.10. The molecular weight excluding hydrogens is 383 g/mol. The number of aromatic amines is 1. The van der Waals surface area contributed by atoms with E-state index in [9.17, 15) is 13.2 Å². The Morgan fingerprint density at radius 1 is 1.03 bits per heavy atom. The fourth-order valence-corrected chi connectivity index (χ4v) is 2.82. The maximum Gasteiger partial charge on any atom is 0.416 e. The van der Waals surface area contributed by atoms with Crippen molar-refractivity contribution < 1.29 is 17.9 Å². The summed E-state index contributed by atoms with van der Waals surface area (Å²) < 4.78 is 45.3. The zero-order chi connectivity index (χ0) is 20.4. The summed E-state index contributed by atoms with van der Waals surface area (Å²) in [7, 11) is 1.75. The lowest BCUT2D eigenvalue weighted by atomic mass is 10.2. The molecule has 4 rings (SSSR count). The van der Waals surface area contributed by atoms with Gasteiger partial charge in [-0.15, -0.1) is 0 Å². The Bertz CT molecular complexity index is 1100. The fourth-order valence-electron chi connectivity index (χ4n) is 2.82. The van der Waals surface area contributed by atoms with Gasteiger partial charge in [0.25, 0.3) is 0 Å². The van der Waals surface area contributed by atoms with Gasteiger partial charge in [-0.2, -0.15) is 23.4 Å². The second kappa shape index (κ2) is 7.42. The third kappa shape index (κ3) is 3.98. The highest BCUT2D eigenvalue weighted by Crippen LogP contribution is 2.30. The molecule has 0 aliphatic carbocycles. The summed E-state index contributed by atoms with van der Waals surface area (Å²) in [4.78, 5) is 4.52. The van der Waals surface area contributed by atoms with Crippen molar-refractivity contribution in [1.29, 1.82) is 0 Å². The van der Waals surface area contributed by atoms with Crippen molar-refractivity contribution in [3.05, 3.63) is 72.1 Å². The second-order valence-electron chi connectivity index (χ2n) is 6.31. The molecule has 148 valence electrons. The molecule has 0 saturated carbocycles. The van der Waals surface area contributed by atoms with Crippen molar-refractivity contribution >= 4 is 0 Å². The van der Waals surface area contributed by atoms with Gasteiger partial charge in [0, 0.05) is 12.6 Å². The predicted molar refractivity (Wildman–Crippen MR) is 99.8 cm³/mol. The molecule has 9 heteroatoms. The van der Waals surface area contributed by atoms with Crippen molar-refractivity contribution in [2.45, 2.75) is 12.8 Å². The minimum Gasteiger partial charge on any atom is -0.487 e. The highest BCUT2D eigenvalue weighted by molar-refractivity contribution is 5.62. The number of alkyl halides is 3. The first kappa shape index (κ1) is 18.7. The van der Waals surface area contributed by atoms with Crippen molar-refractivity contribution in [3.63, 3.8) is 0 Å². The molecule has 1 N–H and O–H groups in total. The van der Waals surface area contributed by atoms with Gasteiger partial charge in [0.05, 0.1) is 23.0 Å². The van der Waals surface area contributed by atoms with Crippen molar-refractivity contribution in [3.8, 4) is 28.5 Å². The molecule has 4 aromatic rings. The molecule has 0 atom stereocenters. The Labute approximate surface area is 164 Å². The molecule has 0 saturated heterocycles. The summed E-state index contributed by atoms with van der Waals surface area (Å²) >= 11 is 0. The standard InChI is InChI=1S/C20H16F3N5O/c1-28-17(12-29-15-9-7-14(8-10-15)20(21,22)23)16(11-24-28)19-25-18(26-27-19)13-5-3-2-4-6-13/h2-11H,12H2,1H3,(H,25,26,27). The van der Waals surface area contributed by atoms with Gasteiger partial charge in [-0.25, -0.2) is 4.98 Å². The van der Waals surface area contributed by atoms with Gasteiger partial charge < -0.3 is 4.74 Å². The van der Waals surface area contributed by atoms with Gasteiger partial charge in [0.2, 0.25) is 0 Å². The average molecular weight is 399 g/mol. The number of halogens is 3. The van der Waals surface area contributed by atoms with Crippen LogP contribution >= 0.6 is 0 Å². The molecule has 0 unspecified atom stereocenters. The molecule has 29 heavy (non-hydrogen) atoms. The van der Waals surface area contributed by atoms with Crippen LogP contribution in [-0.4, -0.2) is 25.0 Å². The SMILES string of the molecule is Cn1ncc(-c2nc(-c3ccccc3)n[nH]2)c1COc1ccc(C(F)(F)F)cc1. The van der Waals surface area contributed by atoms with E-state index < -0.39 is 11.7 Å². The fraction of sp³-hybridized carbons (Fsp3) is 0.150. The molecule has 0 spiro atoms. The van der Waals surface area contributed by atoms with Gasteiger partial charge in [0.1, 0.15) is 12.4 Å². The Morgan fingerprint density at radius 3 is 2.45 bits per heavy atom. The molecule has 0 radical (unpaired) electrons. The summed E-state index contributed by atoms with van der Waals surface area (Å²) in [5.74, 6) is 1.41. The van der Waals surface area contributed by atoms with Crippen LogP contribution in [0.1, 0.15) is 11.3 Å². The van der Waals surface area contributed by atoms with Crippen LogP contribution in [0.2, 0.25) is 0 Å². The number of nitrogens with one attached hydrogen (secondary N) is 1. The molecular formula is C20H16F3N5O. The van der Waals surface area contributed by atoms with Gasteiger partial charge in [-0.1, -0.05) is 30.3 Å². The number of rotatable bonds is 5. The highest BCUT2D eigenvalue weighted by atomic mass is 19.4. The van der Waals surface area contributed by atoms with Gasteiger partial charge in [-0.3, -0.25) is 9.78 Å². The number of benzene rings is 2. The zero-order valence-electron chi connectivity index (χ0n) is 15.3. The summed E-state index contributed by atoms with van der Waals surface area (Å²) in [5, 5.41) is 11.4. The molecule has 2 aromatic carbocycles. The lowest BCUT2D eigenvalue weighted by Crippen LogP contribution is -2.06. The quantitative estimate of drug-likeness (QED) is 0.538. The van der Waals surface area contributed by atoms with Gasteiger partial charge in [0.15, 0.2) is 11.6 Å². The average Bonchev–Trinajstić information content (AvgIpc) is 3.33. The van der Waals surface area contributed by atoms with Crippen LogP contribution in [0.5, 0.6) is 5.75 Å². The zero-order valence-corrected chi connectivity index (χ0v) is 15.3. The van der Waals surface area contributed by atoms with Crippen LogP contribution in [0.25, 0.3) is 22.8 Å². The topological polar surface area (TPSA) is 68.6 Å². The van der Waals surface area contributed by atoms with E-state index in [1.165, 1.54) is 12.1 Å². The third-order valence-electron chi connectivity index (χ3n) is 4.39. The number of H-pyrrole nitrogens is 1. The lowest BCUT2D eigenvalue weighted by molar-refractivity contribution is -0.137. The van der Waals surface area contributed by atoms with Crippen LogP contribution in [-0.2, 0) is 19.8 Å².